The Labute approximate surface area is 148 Å². The van der Waals surface area contributed by atoms with Crippen molar-refractivity contribution in [2.75, 3.05) is 12.0 Å². The third-order valence-electron chi connectivity index (χ3n) is 4.35. The molecule has 3 aromatic rings. The quantitative estimate of drug-likeness (QED) is 0.649. The molecule has 124 valence electrons. The van der Waals surface area contributed by atoms with Gasteiger partial charge >= 0.3 is 0 Å². The van der Waals surface area contributed by atoms with Crippen LogP contribution in [0.25, 0.3) is 11.3 Å². The highest BCUT2D eigenvalue weighted by atomic mass is 32.2. The number of pyridine rings is 1. The van der Waals surface area contributed by atoms with Crippen LogP contribution in [0.3, 0.4) is 0 Å². The number of rotatable bonds is 6. The van der Waals surface area contributed by atoms with Crippen molar-refractivity contribution < 1.29 is 0 Å². The predicted molar refractivity (Wildman–Crippen MR) is 103 cm³/mol. The molecule has 0 spiro atoms. The normalized spacial score (nSPS) is 12.3. The molecule has 3 rings (SSSR count). The van der Waals surface area contributed by atoms with E-state index in [1.54, 1.807) is 0 Å². The summed E-state index contributed by atoms with van der Waals surface area (Å²) in [6.07, 6.45) is 6.99. The summed E-state index contributed by atoms with van der Waals surface area (Å²) in [6, 6.07) is 14.7. The zero-order chi connectivity index (χ0) is 16.9. The van der Waals surface area contributed by atoms with Crippen LogP contribution in [0.5, 0.6) is 0 Å². The Hall–Kier alpha value is -2.07. The lowest BCUT2D eigenvalue weighted by molar-refractivity contribution is 0.593. The number of nitrogens with zero attached hydrogens (tertiary/aromatic N) is 3. The van der Waals surface area contributed by atoms with Gasteiger partial charge in [0.05, 0.1) is 23.8 Å². The Bertz CT molecular complexity index is 796. The number of aryl methyl sites for hydroxylation is 1. The molecule has 1 aromatic carbocycles. The van der Waals surface area contributed by atoms with Crippen LogP contribution < -0.4 is 0 Å². The molecule has 0 saturated carbocycles. The molecular formula is C20H23N3S. The molecule has 2 aromatic heterocycles. The molecule has 0 aliphatic heterocycles. The third-order valence-corrected chi connectivity index (χ3v) is 4.96. The van der Waals surface area contributed by atoms with Crippen LogP contribution in [0.2, 0.25) is 0 Å². The minimum atomic E-state index is 0.174. The average molecular weight is 337 g/mol. The van der Waals surface area contributed by atoms with Crippen molar-refractivity contribution in [3.05, 3.63) is 71.9 Å². The smallest absolute Gasteiger partial charge is 0.0962 e. The first-order valence-electron chi connectivity index (χ1n) is 8.24. The van der Waals surface area contributed by atoms with Crippen molar-refractivity contribution in [3.8, 4) is 11.3 Å². The molecule has 1 atom stereocenters. The maximum atomic E-state index is 4.74. The molecule has 0 aliphatic carbocycles. The minimum Gasteiger partial charge on any atom is -0.325 e. The van der Waals surface area contributed by atoms with Crippen LogP contribution in [0, 0.1) is 6.92 Å². The zero-order valence-electron chi connectivity index (χ0n) is 14.4. The molecule has 24 heavy (non-hydrogen) atoms. The van der Waals surface area contributed by atoms with Crippen LogP contribution in [0.1, 0.15) is 29.9 Å². The predicted octanol–water partition coefficient (Wildman–Crippen LogP) is 4.77. The van der Waals surface area contributed by atoms with Gasteiger partial charge in [-0.1, -0.05) is 36.4 Å². The van der Waals surface area contributed by atoms with E-state index in [4.69, 9.17) is 4.98 Å². The molecule has 0 unspecified atom stereocenters. The first kappa shape index (κ1) is 16.8. The number of hydrogen-bond acceptors (Lipinski definition) is 3. The standard InChI is InChI=1S/C20H23N3S/c1-15-8-7-12-21-19(15)16(2)23-14-22-20(18(23)11-13-24-3)17-9-5-4-6-10-17/h4-10,12,14,16H,11,13H2,1-3H3/t16-/m0/s1. The summed E-state index contributed by atoms with van der Waals surface area (Å²) in [7, 11) is 0. The maximum Gasteiger partial charge on any atom is 0.0962 e. The van der Waals surface area contributed by atoms with E-state index in [2.05, 4.69) is 60.0 Å². The zero-order valence-corrected chi connectivity index (χ0v) is 15.3. The van der Waals surface area contributed by atoms with Crippen LogP contribution >= 0.6 is 11.8 Å². The summed E-state index contributed by atoms with van der Waals surface area (Å²) in [6.45, 7) is 4.32. The summed E-state index contributed by atoms with van der Waals surface area (Å²) in [4.78, 5) is 9.35. The van der Waals surface area contributed by atoms with Gasteiger partial charge in [-0.2, -0.15) is 11.8 Å². The van der Waals surface area contributed by atoms with E-state index in [0.717, 1.165) is 23.6 Å². The van der Waals surface area contributed by atoms with Gasteiger partial charge in [-0.05, 0) is 43.9 Å². The molecular weight excluding hydrogens is 314 g/mol. The summed E-state index contributed by atoms with van der Waals surface area (Å²) in [5.41, 5.74) is 5.88. The van der Waals surface area contributed by atoms with Gasteiger partial charge in [-0.3, -0.25) is 4.98 Å². The molecule has 0 bridgehead atoms. The van der Waals surface area contributed by atoms with Gasteiger partial charge in [0, 0.05) is 17.5 Å². The van der Waals surface area contributed by atoms with Crippen molar-refractivity contribution in [3.63, 3.8) is 0 Å². The fourth-order valence-electron chi connectivity index (χ4n) is 3.07. The lowest BCUT2D eigenvalue weighted by Gasteiger charge is -2.18. The van der Waals surface area contributed by atoms with Gasteiger partial charge < -0.3 is 4.57 Å². The van der Waals surface area contributed by atoms with Crippen molar-refractivity contribution >= 4 is 11.8 Å². The van der Waals surface area contributed by atoms with E-state index in [1.165, 1.54) is 16.8 Å². The number of imidazole rings is 1. The third kappa shape index (κ3) is 3.39. The molecule has 0 aliphatic rings. The van der Waals surface area contributed by atoms with Gasteiger partial charge in [0.15, 0.2) is 0 Å². The molecule has 3 nitrogen and oxygen atoms in total. The number of benzene rings is 1. The van der Waals surface area contributed by atoms with Gasteiger partial charge in [0.25, 0.3) is 0 Å². The second kappa shape index (κ2) is 7.67. The lowest BCUT2D eigenvalue weighted by Crippen LogP contribution is -2.13. The van der Waals surface area contributed by atoms with Crippen molar-refractivity contribution in [1.29, 1.82) is 0 Å². The van der Waals surface area contributed by atoms with E-state index in [0.29, 0.717) is 0 Å². The van der Waals surface area contributed by atoms with Crippen molar-refractivity contribution in [1.82, 2.24) is 14.5 Å². The second-order valence-electron chi connectivity index (χ2n) is 5.94. The SMILES string of the molecule is CSCCc1c(-c2ccccc2)ncn1[C@@H](C)c1ncccc1C. The highest BCUT2D eigenvalue weighted by molar-refractivity contribution is 7.98. The summed E-state index contributed by atoms with van der Waals surface area (Å²) in [5, 5.41) is 0. The van der Waals surface area contributed by atoms with E-state index < -0.39 is 0 Å². The lowest BCUT2D eigenvalue weighted by atomic mass is 10.1. The number of thioether (sulfide) groups is 1. The van der Waals surface area contributed by atoms with Crippen LogP contribution in [0.4, 0.5) is 0 Å². The minimum absolute atomic E-state index is 0.174. The first-order chi connectivity index (χ1) is 11.7. The van der Waals surface area contributed by atoms with Crippen molar-refractivity contribution in [2.45, 2.75) is 26.3 Å². The highest BCUT2D eigenvalue weighted by Gasteiger charge is 2.19. The van der Waals surface area contributed by atoms with E-state index >= 15 is 0 Å². The molecule has 0 fully saturated rings. The molecule has 0 N–H and O–H groups in total. The van der Waals surface area contributed by atoms with Gasteiger partial charge in [0.1, 0.15) is 0 Å². The average Bonchev–Trinajstić information content (AvgIpc) is 3.04. The van der Waals surface area contributed by atoms with Gasteiger partial charge in [0.2, 0.25) is 0 Å². The van der Waals surface area contributed by atoms with Crippen LogP contribution in [-0.4, -0.2) is 26.5 Å². The van der Waals surface area contributed by atoms with Crippen LogP contribution in [0.15, 0.2) is 55.0 Å². The van der Waals surface area contributed by atoms with Crippen LogP contribution in [-0.2, 0) is 6.42 Å². The van der Waals surface area contributed by atoms with E-state index in [1.807, 2.05) is 36.4 Å². The summed E-state index contributed by atoms with van der Waals surface area (Å²) >= 11 is 1.87. The van der Waals surface area contributed by atoms with E-state index in [-0.39, 0.29) is 6.04 Å². The van der Waals surface area contributed by atoms with Gasteiger partial charge in [-0.25, -0.2) is 4.98 Å². The van der Waals surface area contributed by atoms with Crippen molar-refractivity contribution in [2.24, 2.45) is 0 Å². The fraction of sp³-hybridized carbons (Fsp3) is 0.300. The second-order valence-corrected chi connectivity index (χ2v) is 6.92. The molecule has 0 saturated heterocycles. The molecule has 0 amide bonds. The topological polar surface area (TPSA) is 30.7 Å². The summed E-state index contributed by atoms with van der Waals surface area (Å²) < 4.78 is 2.29. The Morgan fingerprint density at radius 1 is 1.08 bits per heavy atom. The number of aromatic nitrogens is 3. The first-order valence-corrected chi connectivity index (χ1v) is 9.63. The fourth-order valence-corrected chi connectivity index (χ4v) is 3.47. The monoisotopic (exact) mass is 337 g/mol. The summed E-state index contributed by atoms with van der Waals surface area (Å²) in [5.74, 6) is 1.08. The Morgan fingerprint density at radius 3 is 2.58 bits per heavy atom. The Morgan fingerprint density at radius 2 is 1.88 bits per heavy atom. The Balaban J connectivity index is 2.05. The highest BCUT2D eigenvalue weighted by Crippen LogP contribution is 2.28. The Kier molecular flexibility index (Phi) is 5.36. The largest absolute Gasteiger partial charge is 0.325 e. The number of hydrogen-bond donors (Lipinski definition) is 0. The van der Waals surface area contributed by atoms with E-state index in [9.17, 15) is 0 Å². The maximum absolute atomic E-state index is 4.74. The van der Waals surface area contributed by atoms with Gasteiger partial charge in [-0.15, -0.1) is 0 Å². The molecule has 2 heterocycles. The molecule has 4 heteroatoms. The molecule has 0 radical (unpaired) electrons.